The molecular weight excluding hydrogens is 390 g/mol. The van der Waals surface area contributed by atoms with Gasteiger partial charge in [-0.15, -0.1) is 0 Å². The van der Waals surface area contributed by atoms with Crippen LogP contribution in [0.15, 0.2) is 12.4 Å². The Morgan fingerprint density at radius 3 is 2.42 bits per heavy atom. The highest BCUT2D eigenvalue weighted by molar-refractivity contribution is 5.80. The number of aromatic nitrogens is 2. The quantitative estimate of drug-likeness (QED) is 0.720. The van der Waals surface area contributed by atoms with Crippen LogP contribution >= 0.6 is 0 Å². The van der Waals surface area contributed by atoms with Gasteiger partial charge in [0.1, 0.15) is 0 Å². The van der Waals surface area contributed by atoms with Gasteiger partial charge in [-0.1, -0.05) is 0 Å². The maximum Gasteiger partial charge on any atom is 0.235 e. The first-order chi connectivity index (χ1) is 15.0. The van der Waals surface area contributed by atoms with Gasteiger partial charge >= 0.3 is 0 Å². The van der Waals surface area contributed by atoms with E-state index in [2.05, 4.69) is 26.7 Å². The summed E-state index contributed by atoms with van der Waals surface area (Å²) in [7, 11) is 0. The van der Waals surface area contributed by atoms with Crippen LogP contribution in [0.2, 0.25) is 0 Å². The van der Waals surface area contributed by atoms with E-state index in [-0.39, 0.29) is 18.1 Å². The number of piperidine rings is 2. The van der Waals surface area contributed by atoms with Crippen LogP contribution in [0.3, 0.4) is 0 Å². The molecule has 7 nitrogen and oxygen atoms in total. The van der Waals surface area contributed by atoms with Gasteiger partial charge in [-0.2, -0.15) is 0 Å². The number of carbonyl (C=O) groups is 1. The predicted molar refractivity (Wildman–Crippen MR) is 120 cm³/mol. The third kappa shape index (κ3) is 4.19. The van der Waals surface area contributed by atoms with Crippen molar-refractivity contribution < 1.29 is 9.53 Å². The lowest BCUT2D eigenvalue weighted by molar-refractivity contribution is -0.127. The molecule has 4 aliphatic rings. The van der Waals surface area contributed by atoms with Crippen LogP contribution in [0.25, 0.3) is 0 Å². The molecule has 170 valence electrons. The van der Waals surface area contributed by atoms with Gasteiger partial charge in [0, 0.05) is 44.2 Å². The molecule has 6 atom stereocenters. The SMILES string of the molecule is CCO[C@@H]1CN(c2ncc(C)cn2)CC[C@@H]1C1C[C@H]2CC[C@@H](C1)N2[C@@H](C(N)=O)C1CC1. The molecule has 1 aromatic heterocycles. The highest BCUT2D eigenvalue weighted by atomic mass is 16.5. The van der Waals surface area contributed by atoms with Crippen molar-refractivity contribution in [2.75, 3.05) is 24.6 Å². The number of hydrogen-bond acceptors (Lipinski definition) is 6. The molecule has 31 heavy (non-hydrogen) atoms. The monoisotopic (exact) mass is 427 g/mol. The Morgan fingerprint density at radius 2 is 1.84 bits per heavy atom. The van der Waals surface area contributed by atoms with Crippen molar-refractivity contribution >= 4 is 11.9 Å². The lowest BCUT2D eigenvalue weighted by atomic mass is 9.74. The Kier molecular flexibility index (Phi) is 5.90. The number of hydrogen-bond donors (Lipinski definition) is 1. The van der Waals surface area contributed by atoms with Crippen LogP contribution < -0.4 is 10.6 Å². The molecule has 2 N–H and O–H groups in total. The second kappa shape index (κ2) is 8.66. The summed E-state index contributed by atoms with van der Waals surface area (Å²) in [5.74, 6) is 2.46. The predicted octanol–water partition coefficient (Wildman–Crippen LogP) is 2.52. The van der Waals surface area contributed by atoms with E-state index < -0.39 is 0 Å². The zero-order valence-electron chi connectivity index (χ0n) is 18.9. The molecule has 1 amide bonds. The van der Waals surface area contributed by atoms with E-state index in [0.717, 1.165) is 37.6 Å². The maximum atomic E-state index is 12.3. The minimum Gasteiger partial charge on any atom is -0.376 e. The summed E-state index contributed by atoms with van der Waals surface area (Å²) in [5, 5.41) is 0. The van der Waals surface area contributed by atoms with Gasteiger partial charge in [0.2, 0.25) is 11.9 Å². The first-order valence-electron chi connectivity index (χ1n) is 12.3. The van der Waals surface area contributed by atoms with E-state index in [9.17, 15) is 4.79 Å². The fourth-order valence-corrected chi connectivity index (χ4v) is 6.69. The topological polar surface area (TPSA) is 84.6 Å². The van der Waals surface area contributed by atoms with Crippen LogP contribution in [-0.4, -0.2) is 64.7 Å². The molecule has 1 unspecified atom stereocenters. The van der Waals surface area contributed by atoms with E-state index in [1.807, 2.05) is 19.3 Å². The van der Waals surface area contributed by atoms with E-state index in [1.165, 1.54) is 38.5 Å². The van der Waals surface area contributed by atoms with Crippen LogP contribution in [0.4, 0.5) is 5.95 Å². The molecule has 0 radical (unpaired) electrons. The third-order valence-electron chi connectivity index (χ3n) is 8.15. The molecule has 0 spiro atoms. The number of nitrogens with zero attached hydrogens (tertiary/aromatic N) is 4. The Morgan fingerprint density at radius 1 is 1.16 bits per heavy atom. The Labute approximate surface area is 185 Å². The molecule has 2 bridgehead atoms. The number of fused-ring (bicyclic) bond motifs is 2. The summed E-state index contributed by atoms with van der Waals surface area (Å²) in [6.07, 6.45) is 12.3. The molecule has 3 saturated heterocycles. The van der Waals surface area contributed by atoms with Crippen molar-refractivity contribution in [3.8, 4) is 0 Å². The fourth-order valence-electron chi connectivity index (χ4n) is 6.69. The van der Waals surface area contributed by atoms with Gasteiger partial charge in [0.05, 0.1) is 12.1 Å². The largest absolute Gasteiger partial charge is 0.376 e. The Hall–Kier alpha value is -1.73. The minimum atomic E-state index is -0.101. The van der Waals surface area contributed by atoms with Crippen LogP contribution in [-0.2, 0) is 9.53 Å². The number of anilines is 1. The average molecular weight is 428 g/mol. The molecule has 7 heteroatoms. The molecule has 1 aliphatic carbocycles. The van der Waals surface area contributed by atoms with Crippen molar-refractivity contribution in [2.24, 2.45) is 23.5 Å². The smallest absolute Gasteiger partial charge is 0.235 e. The van der Waals surface area contributed by atoms with Crippen LogP contribution in [0.5, 0.6) is 0 Å². The van der Waals surface area contributed by atoms with E-state index in [4.69, 9.17) is 10.5 Å². The first-order valence-corrected chi connectivity index (χ1v) is 12.3. The lowest BCUT2D eigenvalue weighted by Gasteiger charge is -2.48. The molecule has 5 rings (SSSR count). The van der Waals surface area contributed by atoms with Crippen molar-refractivity contribution in [2.45, 2.75) is 83.0 Å². The summed E-state index contributed by atoms with van der Waals surface area (Å²) in [5.41, 5.74) is 6.95. The summed E-state index contributed by atoms with van der Waals surface area (Å²) >= 11 is 0. The summed E-state index contributed by atoms with van der Waals surface area (Å²) in [6, 6.07) is 1.01. The number of ether oxygens (including phenoxy) is 1. The molecule has 1 saturated carbocycles. The minimum absolute atomic E-state index is 0.0262. The van der Waals surface area contributed by atoms with Crippen molar-refractivity contribution in [1.82, 2.24) is 14.9 Å². The molecule has 0 aromatic carbocycles. The second-order valence-corrected chi connectivity index (χ2v) is 10.2. The number of rotatable bonds is 7. The van der Waals surface area contributed by atoms with Crippen LogP contribution in [0.1, 0.15) is 57.4 Å². The van der Waals surface area contributed by atoms with Gasteiger partial charge in [-0.05, 0) is 82.1 Å². The Balaban J connectivity index is 1.28. The van der Waals surface area contributed by atoms with Gasteiger partial charge in [0.25, 0.3) is 0 Å². The molecule has 4 fully saturated rings. The zero-order valence-corrected chi connectivity index (χ0v) is 18.9. The van der Waals surface area contributed by atoms with Crippen molar-refractivity contribution in [3.05, 3.63) is 18.0 Å². The highest BCUT2D eigenvalue weighted by Crippen LogP contribution is 2.48. The number of primary amides is 1. The number of nitrogens with two attached hydrogens (primary N) is 1. The zero-order chi connectivity index (χ0) is 21.5. The van der Waals surface area contributed by atoms with E-state index >= 15 is 0 Å². The fraction of sp³-hybridized carbons (Fsp3) is 0.792. The molecular formula is C24H37N5O2. The van der Waals surface area contributed by atoms with Gasteiger partial charge in [0.15, 0.2) is 0 Å². The molecule has 3 aliphatic heterocycles. The summed E-state index contributed by atoms with van der Waals surface area (Å²) in [6.45, 7) is 6.70. The standard InChI is InChI=1S/C24H37N5O2/c1-3-31-21-14-28(24-26-12-15(2)13-27-24)9-8-20(21)17-10-18-6-7-19(11-17)29(18)22(23(25)30)16-4-5-16/h12-13,16-22H,3-11,14H2,1-2H3,(H2,25,30)/t17?,18-,19+,20-,21-,22-/m1/s1. The number of aryl methyl sites for hydroxylation is 1. The Bertz CT molecular complexity index is 769. The second-order valence-electron chi connectivity index (χ2n) is 10.2. The van der Waals surface area contributed by atoms with Crippen LogP contribution in [0, 0.1) is 24.7 Å². The van der Waals surface area contributed by atoms with E-state index in [1.54, 1.807) is 0 Å². The first kappa shape index (κ1) is 21.1. The average Bonchev–Trinajstić information content (AvgIpc) is 3.55. The maximum absolute atomic E-state index is 12.3. The van der Waals surface area contributed by atoms with Gasteiger partial charge in [-0.25, -0.2) is 9.97 Å². The normalized spacial score (nSPS) is 34.6. The summed E-state index contributed by atoms with van der Waals surface area (Å²) < 4.78 is 6.29. The highest BCUT2D eigenvalue weighted by Gasteiger charge is 2.51. The van der Waals surface area contributed by atoms with Gasteiger partial charge < -0.3 is 15.4 Å². The lowest BCUT2D eigenvalue weighted by Crippen LogP contribution is -2.57. The van der Waals surface area contributed by atoms with Crippen molar-refractivity contribution in [1.29, 1.82) is 0 Å². The molecule has 1 aromatic rings. The summed E-state index contributed by atoms with van der Waals surface area (Å²) in [4.78, 5) is 26.2. The number of amides is 1. The molecule has 4 heterocycles. The van der Waals surface area contributed by atoms with Gasteiger partial charge in [-0.3, -0.25) is 9.69 Å². The number of carbonyl (C=O) groups excluding carboxylic acids is 1. The van der Waals surface area contributed by atoms with E-state index in [0.29, 0.717) is 29.8 Å². The van der Waals surface area contributed by atoms with Crippen molar-refractivity contribution in [3.63, 3.8) is 0 Å². The third-order valence-corrected chi connectivity index (χ3v) is 8.15.